The zero-order valence-corrected chi connectivity index (χ0v) is 16.4. The van der Waals surface area contributed by atoms with Crippen LogP contribution in [0.15, 0.2) is 59.4 Å². The number of nitrogens with one attached hydrogen (secondary N) is 2. The minimum atomic E-state index is -0.697. The van der Waals surface area contributed by atoms with Crippen LogP contribution in [0.4, 0.5) is 10.5 Å². The summed E-state index contributed by atoms with van der Waals surface area (Å²) in [6, 6.07) is 14.8. The second kappa shape index (κ2) is 7.36. The highest BCUT2D eigenvalue weighted by atomic mass is 16.2. The molecule has 0 aliphatic carbocycles. The lowest BCUT2D eigenvalue weighted by molar-refractivity contribution is 0.0648. The molecule has 1 aliphatic rings. The lowest BCUT2D eigenvalue weighted by Gasteiger charge is -2.14. The number of carbonyl (C=O) groups is 3. The molecule has 0 spiro atoms. The number of imide groups is 1. The molecule has 2 aromatic carbocycles. The third kappa shape index (κ3) is 3.06. The van der Waals surface area contributed by atoms with Crippen LogP contribution in [-0.4, -0.2) is 38.8 Å². The van der Waals surface area contributed by atoms with Crippen LogP contribution in [0.5, 0.6) is 0 Å². The Labute approximate surface area is 171 Å². The monoisotopic (exact) mass is 405 g/mol. The summed E-state index contributed by atoms with van der Waals surface area (Å²) in [4.78, 5) is 50.9. The molecule has 3 aromatic rings. The highest BCUT2D eigenvalue weighted by Crippen LogP contribution is 2.21. The fourth-order valence-electron chi connectivity index (χ4n) is 3.40. The molecule has 4 amide bonds. The molecular formula is C21H19N5O4. The van der Waals surface area contributed by atoms with E-state index in [0.29, 0.717) is 22.5 Å². The Morgan fingerprint density at radius 2 is 1.47 bits per heavy atom. The van der Waals surface area contributed by atoms with E-state index in [1.165, 1.54) is 4.68 Å². The molecule has 0 bridgehead atoms. The van der Waals surface area contributed by atoms with Crippen LogP contribution >= 0.6 is 0 Å². The first-order valence-electron chi connectivity index (χ1n) is 9.24. The van der Waals surface area contributed by atoms with E-state index < -0.39 is 23.4 Å². The maximum atomic E-state index is 12.8. The maximum Gasteiger partial charge on any atom is 0.320 e. The zero-order valence-electron chi connectivity index (χ0n) is 16.4. The highest BCUT2D eigenvalue weighted by molar-refractivity contribution is 6.21. The molecule has 30 heavy (non-hydrogen) atoms. The van der Waals surface area contributed by atoms with Gasteiger partial charge in [-0.05, 0) is 31.2 Å². The van der Waals surface area contributed by atoms with E-state index in [-0.39, 0.29) is 12.4 Å². The first-order valence-corrected chi connectivity index (χ1v) is 9.24. The van der Waals surface area contributed by atoms with Crippen LogP contribution < -0.4 is 16.2 Å². The number of para-hydroxylation sites is 1. The van der Waals surface area contributed by atoms with E-state index in [0.717, 1.165) is 4.90 Å². The summed E-state index contributed by atoms with van der Waals surface area (Å²) in [7, 11) is 1.71. The standard InChI is InChI=1S/C21H19N5O4/c1-13-17(20(29)26(24(13)2)14-8-4-3-5-9-14)23-21(30)22-12-25-18(27)15-10-6-7-11-16(15)19(25)28/h3-11H,12H2,1-2H3,(H2,22,23,30). The average molecular weight is 405 g/mol. The van der Waals surface area contributed by atoms with Crippen molar-refractivity contribution in [2.24, 2.45) is 7.05 Å². The fourth-order valence-corrected chi connectivity index (χ4v) is 3.40. The van der Waals surface area contributed by atoms with Gasteiger partial charge >= 0.3 is 6.03 Å². The molecule has 0 radical (unpaired) electrons. The third-order valence-electron chi connectivity index (χ3n) is 5.07. The van der Waals surface area contributed by atoms with Crippen molar-refractivity contribution in [2.45, 2.75) is 6.92 Å². The molecule has 0 fully saturated rings. The molecule has 9 nitrogen and oxygen atoms in total. The van der Waals surface area contributed by atoms with E-state index in [4.69, 9.17) is 0 Å². The quantitative estimate of drug-likeness (QED) is 0.646. The molecule has 1 aliphatic heterocycles. The number of fused-ring (bicyclic) bond motifs is 1. The third-order valence-corrected chi connectivity index (χ3v) is 5.07. The topological polar surface area (TPSA) is 105 Å². The first-order chi connectivity index (χ1) is 14.4. The van der Waals surface area contributed by atoms with E-state index in [1.807, 2.05) is 18.2 Å². The van der Waals surface area contributed by atoms with E-state index in [2.05, 4.69) is 10.6 Å². The van der Waals surface area contributed by atoms with Crippen molar-refractivity contribution in [3.05, 3.63) is 81.8 Å². The Balaban J connectivity index is 1.49. The number of nitrogens with zero attached hydrogens (tertiary/aromatic N) is 3. The van der Waals surface area contributed by atoms with Crippen molar-refractivity contribution >= 4 is 23.5 Å². The summed E-state index contributed by atoms with van der Waals surface area (Å²) in [6.07, 6.45) is 0. The lowest BCUT2D eigenvalue weighted by Crippen LogP contribution is -2.43. The van der Waals surface area contributed by atoms with Gasteiger partial charge in [0.05, 0.1) is 22.5 Å². The number of amides is 4. The average Bonchev–Trinajstić information content (AvgIpc) is 3.12. The summed E-state index contributed by atoms with van der Waals surface area (Å²) in [5.74, 6) is -0.948. The Kier molecular flexibility index (Phi) is 4.71. The van der Waals surface area contributed by atoms with Gasteiger partial charge in [-0.15, -0.1) is 0 Å². The minimum Gasteiger partial charge on any atom is -0.320 e. The fraction of sp³-hybridized carbons (Fsp3) is 0.143. The maximum absolute atomic E-state index is 12.8. The van der Waals surface area contributed by atoms with Gasteiger partial charge in [-0.25, -0.2) is 9.48 Å². The molecule has 9 heteroatoms. The number of urea groups is 1. The number of anilines is 1. The molecule has 2 N–H and O–H groups in total. The number of carbonyl (C=O) groups excluding carboxylic acids is 3. The molecule has 0 saturated carbocycles. The van der Waals surface area contributed by atoms with E-state index in [9.17, 15) is 19.2 Å². The van der Waals surface area contributed by atoms with Gasteiger partial charge in [0.1, 0.15) is 12.4 Å². The van der Waals surface area contributed by atoms with E-state index >= 15 is 0 Å². The number of hydrogen-bond donors (Lipinski definition) is 2. The van der Waals surface area contributed by atoms with Crippen LogP contribution in [-0.2, 0) is 7.05 Å². The molecule has 0 saturated heterocycles. The molecular weight excluding hydrogens is 386 g/mol. The van der Waals surface area contributed by atoms with Crippen LogP contribution in [0.3, 0.4) is 0 Å². The minimum absolute atomic E-state index is 0.112. The Hall–Kier alpha value is -4.14. The van der Waals surface area contributed by atoms with E-state index in [1.54, 1.807) is 55.1 Å². The van der Waals surface area contributed by atoms with Crippen molar-refractivity contribution < 1.29 is 14.4 Å². The summed E-state index contributed by atoms with van der Waals surface area (Å²) < 4.78 is 3.08. The van der Waals surface area contributed by atoms with Gasteiger partial charge in [0.15, 0.2) is 0 Å². The Morgan fingerprint density at radius 1 is 0.900 bits per heavy atom. The summed E-state index contributed by atoms with van der Waals surface area (Å²) in [5.41, 5.74) is 1.54. The van der Waals surface area contributed by atoms with Crippen molar-refractivity contribution in [1.29, 1.82) is 0 Å². The number of hydrogen-bond acceptors (Lipinski definition) is 4. The predicted molar refractivity (Wildman–Crippen MR) is 110 cm³/mol. The SMILES string of the molecule is Cc1c(NC(=O)NCN2C(=O)c3ccccc3C2=O)c(=O)n(-c2ccccc2)n1C. The van der Waals surface area contributed by atoms with Crippen molar-refractivity contribution in [3.63, 3.8) is 0 Å². The largest absolute Gasteiger partial charge is 0.320 e. The van der Waals surface area contributed by atoms with Gasteiger partial charge in [0.2, 0.25) is 0 Å². The Bertz CT molecular complexity index is 1190. The first kappa shape index (κ1) is 19.2. The second-order valence-corrected chi connectivity index (χ2v) is 6.81. The molecule has 0 atom stereocenters. The van der Waals surface area contributed by atoms with Gasteiger partial charge in [0, 0.05) is 7.05 Å². The highest BCUT2D eigenvalue weighted by Gasteiger charge is 2.35. The number of aromatic nitrogens is 2. The van der Waals surface area contributed by atoms with Gasteiger partial charge in [-0.1, -0.05) is 30.3 Å². The van der Waals surface area contributed by atoms with Gasteiger partial charge < -0.3 is 10.6 Å². The van der Waals surface area contributed by atoms with Crippen LogP contribution in [0.25, 0.3) is 5.69 Å². The van der Waals surface area contributed by atoms with Gasteiger partial charge in [-0.2, -0.15) is 0 Å². The molecule has 0 unspecified atom stereocenters. The van der Waals surface area contributed by atoms with Crippen LogP contribution in [0.2, 0.25) is 0 Å². The number of benzene rings is 2. The molecule has 2 heterocycles. The van der Waals surface area contributed by atoms with Gasteiger partial charge in [0.25, 0.3) is 17.4 Å². The van der Waals surface area contributed by atoms with Crippen molar-refractivity contribution in [1.82, 2.24) is 19.6 Å². The molecule has 1 aromatic heterocycles. The predicted octanol–water partition coefficient (Wildman–Crippen LogP) is 1.86. The molecule has 152 valence electrons. The van der Waals surface area contributed by atoms with Gasteiger partial charge in [-0.3, -0.25) is 24.0 Å². The smallest absolute Gasteiger partial charge is 0.320 e. The lowest BCUT2D eigenvalue weighted by atomic mass is 10.1. The zero-order chi connectivity index (χ0) is 21.4. The Morgan fingerprint density at radius 3 is 2.07 bits per heavy atom. The van der Waals surface area contributed by atoms with Crippen LogP contribution in [0.1, 0.15) is 26.4 Å². The summed E-state index contributed by atoms with van der Waals surface area (Å²) in [5, 5.41) is 5.00. The number of rotatable bonds is 4. The summed E-state index contributed by atoms with van der Waals surface area (Å²) in [6.45, 7) is 1.40. The summed E-state index contributed by atoms with van der Waals surface area (Å²) >= 11 is 0. The van der Waals surface area contributed by atoms with Crippen LogP contribution in [0, 0.1) is 6.92 Å². The second-order valence-electron chi connectivity index (χ2n) is 6.81. The normalized spacial score (nSPS) is 12.8. The molecule has 4 rings (SSSR count). The van der Waals surface area contributed by atoms with Crippen molar-refractivity contribution in [2.75, 3.05) is 12.0 Å². The van der Waals surface area contributed by atoms with Crippen molar-refractivity contribution in [3.8, 4) is 5.69 Å².